The van der Waals surface area contributed by atoms with Gasteiger partial charge in [-0.1, -0.05) is 11.6 Å². The normalized spacial score (nSPS) is 22.8. The molecule has 2 saturated carbocycles. The molecule has 126 valence electrons. The molecule has 2 aromatic rings. The minimum Gasteiger partial charge on any atom is -0.359 e. The van der Waals surface area contributed by atoms with E-state index < -0.39 is 0 Å². The molecule has 2 heterocycles. The van der Waals surface area contributed by atoms with E-state index in [1.807, 2.05) is 6.07 Å². The Bertz CT molecular complexity index is 766. The molecule has 24 heavy (non-hydrogen) atoms. The minimum atomic E-state index is 0.0757. The summed E-state index contributed by atoms with van der Waals surface area (Å²) in [6, 6.07) is 2.23. The van der Waals surface area contributed by atoms with E-state index in [2.05, 4.69) is 30.8 Å². The SMILES string of the molecule is CNC(=O)C1CC(Nc2ncc(Cl)c(-c3cc(C4CC4)[nH]n3)n2)C1. The summed E-state index contributed by atoms with van der Waals surface area (Å²) in [5, 5.41) is 13.8. The summed E-state index contributed by atoms with van der Waals surface area (Å²) >= 11 is 6.24. The van der Waals surface area contributed by atoms with Gasteiger partial charge in [0.2, 0.25) is 11.9 Å². The molecule has 0 aromatic carbocycles. The first kappa shape index (κ1) is 15.4. The van der Waals surface area contributed by atoms with E-state index in [0.717, 1.165) is 24.2 Å². The Morgan fingerprint density at radius 1 is 1.38 bits per heavy atom. The van der Waals surface area contributed by atoms with Crippen LogP contribution in [0.25, 0.3) is 11.4 Å². The van der Waals surface area contributed by atoms with Crippen molar-refractivity contribution in [2.45, 2.75) is 37.6 Å². The molecule has 0 spiro atoms. The lowest BCUT2D eigenvalue weighted by molar-refractivity contribution is -0.127. The molecule has 1 amide bonds. The van der Waals surface area contributed by atoms with Crippen molar-refractivity contribution in [1.82, 2.24) is 25.5 Å². The Labute approximate surface area is 144 Å². The number of H-pyrrole nitrogens is 1. The molecule has 3 N–H and O–H groups in total. The maximum absolute atomic E-state index is 11.5. The lowest BCUT2D eigenvalue weighted by atomic mass is 9.80. The van der Waals surface area contributed by atoms with Gasteiger partial charge in [0.1, 0.15) is 11.4 Å². The van der Waals surface area contributed by atoms with Crippen molar-refractivity contribution >= 4 is 23.5 Å². The van der Waals surface area contributed by atoms with Gasteiger partial charge in [-0.3, -0.25) is 9.89 Å². The second kappa shape index (κ2) is 6.05. The van der Waals surface area contributed by atoms with E-state index in [1.165, 1.54) is 12.8 Å². The van der Waals surface area contributed by atoms with Crippen molar-refractivity contribution in [2.24, 2.45) is 5.92 Å². The molecule has 2 aromatic heterocycles. The van der Waals surface area contributed by atoms with Crippen molar-refractivity contribution in [3.8, 4) is 11.4 Å². The zero-order valence-corrected chi connectivity index (χ0v) is 14.1. The van der Waals surface area contributed by atoms with Crippen molar-refractivity contribution < 1.29 is 4.79 Å². The van der Waals surface area contributed by atoms with Gasteiger partial charge in [0, 0.05) is 30.6 Å². The fourth-order valence-electron chi connectivity index (χ4n) is 3.01. The van der Waals surface area contributed by atoms with Crippen LogP contribution in [0.1, 0.15) is 37.3 Å². The standard InChI is InChI=1S/C16H19ClN6O/c1-18-15(24)9-4-10(5-9)20-16-19-7-11(17)14(21-16)13-6-12(22-23-13)8-2-3-8/h6-10H,2-5H2,1H3,(H,18,24)(H,22,23)(H,19,20,21). The number of nitrogens with zero attached hydrogens (tertiary/aromatic N) is 3. The lowest BCUT2D eigenvalue weighted by Gasteiger charge is -2.34. The smallest absolute Gasteiger partial charge is 0.223 e. The van der Waals surface area contributed by atoms with Gasteiger partial charge in [0.05, 0.1) is 11.2 Å². The number of amides is 1. The largest absolute Gasteiger partial charge is 0.359 e. The van der Waals surface area contributed by atoms with Gasteiger partial charge in [0.15, 0.2) is 0 Å². The van der Waals surface area contributed by atoms with Crippen LogP contribution in [0.2, 0.25) is 5.02 Å². The molecular weight excluding hydrogens is 328 g/mol. The Morgan fingerprint density at radius 3 is 2.88 bits per heavy atom. The first-order chi connectivity index (χ1) is 11.6. The van der Waals surface area contributed by atoms with Crippen LogP contribution in [-0.2, 0) is 4.79 Å². The number of halogens is 1. The molecule has 0 bridgehead atoms. The molecule has 2 fully saturated rings. The summed E-state index contributed by atoms with van der Waals surface area (Å²) in [5.41, 5.74) is 2.50. The van der Waals surface area contributed by atoms with E-state index >= 15 is 0 Å². The fraction of sp³-hybridized carbons (Fsp3) is 0.500. The molecule has 8 heteroatoms. The van der Waals surface area contributed by atoms with Gasteiger partial charge >= 0.3 is 0 Å². The quantitative estimate of drug-likeness (QED) is 0.772. The number of anilines is 1. The van der Waals surface area contributed by atoms with E-state index in [0.29, 0.717) is 22.6 Å². The third kappa shape index (κ3) is 2.96. The molecule has 2 aliphatic carbocycles. The summed E-state index contributed by atoms with van der Waals surface area (Å²) in [6.45, 7) is 0. The van der Waals surface area contributed by atoms with Crippen molar-refractivity contribution in [1.29, 1.82) is 0 Å². The Hall–Kier alpha value is -2.15. The topological polar surface area (TPSA) is 95.6 Å². The number of hydrogen-bond donors (Lipinski definition) is 3. The monoisotopic (exact) mass is 346 g/mol. The number of aromatic amines is 1. The second-order valence-electron chi connectivity index (χ2n) is 6.50. The summed E-state index contributed by atoms with van der Waals surface area (Å²) in [4.78, 5) is 20.3. The number of carbonyl (C=O) groups excluding carboxylic acids is 1. The van der Waals surface area contributed by atoms with Crippen LogP contribution in [0.3, 0.4) is 0 Å². The van der Waals surface area contributed by atoms with Gasteiger partial charge < -0.3 is 10.6 Å². The number of hydrogen-bond acceptors (Lipinski definition) is 5. The summed E-state index contributed by atoms with van der Waals surface area (Å²) < 4.78 is 0. The molecule has 0 saturated heterocycles. The molecule has 0 atom stereocenters. The van der Waals surface area contributed by atoms with Crippen LogP contribution in [0.5, 0.6) is 0 Å². The predicted molar refractivity (Wildman–Crippen MR) is 90.8 cm³/mol. The minimum absolute atomic E-state index is 0.0757. The highest BCUT2D eigenvalue weighted by Crippen LogP contribution is 2.40. The van der Waals surface area contributed by atoms with Gasteiger partial charge in [-0.05, 0) is 31.7 Å². The van der Waals surface area contributed by atoms with Crippen LogP contribution in [-0.4, -0.2) is 39.2 Å². The van der Waals surface area contributed by atoms with Crippen molar-refractivity contribution in [3.05, 3.63) is 23.0 Å². The van der Waals surface area contributed by atoms with Gasteiger partial charge in [0.25, 0.3) is 0 Å². The van der Waals surface area contributed by atoms with E-state index in [9.17, 15) is 4.79 Å². The first-order valence-electron chi connectivity index (χ1n) is 8.20. The predicted octanol–water partition coefficient (Wildman–Crippen LogP) is 2.33. The highest BCUT2D eigenvalue weighted by molar-refractivity contribution is 6.32. The van der Waals surface area contributed by atoms with Gasteiger partial charge in [-0.25, -0.2) is 9.97 Å². The zero-order valence-electron chi connectivity index (χ0n) is 13.3. The van der Waals surface area contributed by atoms with Crippen LogP contribution < -0.4 is 10.6 Å². The van der Waals surface area contributed by atoms with E-state index in [-0.39, 0.29) is 17.9 Å². The highest BCUT2D eigenvalue weighted by atomic mass is 35.5. The van der Waals surface area contributed by atoms with Crippen LogP contribution in [0.4, 0.5) is 5.95 Å². The van der Waals surface area contributed by atoms with Gasteiger partial charge in [-0.15, -0.1) is 0 Å². The van der Waals surface area contributed by atoms with E-state index in [1.54, 1.807) is 13.2 Å². The maximum Gasteiger partial charge on any atom is 0.223 e. The lowest BCUT2D eigenvalue weighted by Crippen LogP contribution is -2.43. The number of nitrogens with one attached hydrogen (secondary N) is 3. The Morgan fingerprint density at radius 2 is 2.17 bits per heavy atom. The molecule has 7 nitrogen and oxygen atoms in total. The molecule has 0 aliphatic heterocycles. The average molecular weight is 347 g/mol. The second-order valence-corrected chi connectivity index (χ2v) is 6.90. The number of aromatic nitrogens is 4. The molecule has 0 radical (unpaired) electrons. The highest BCUT2D eigenvalue weighted by Gasteiger charge is 2.34. The fourth-order valence-corrected chi connectivity index (χ4v) is 3.20. The van der Waals surface area contributed by atoms with Crippen LogP contribution in [0, 0.1) is 5.92 Å². The third-order valence-electron chi connectivity index (χ3n) is 4.69. The zero-order chi connectivity index (χ0) is 16.7. The molecule has 4 rings (SSSR count). The summed E-state index contributed by atoms with van der Waals surface area (Å²) in [7, 11) is 1.66. The van der Waals surface area contributed by atoms with Crippen LogP contribution >= 0.6 is 11.6 Å². The van der Waals surface area contributed by atoms with Crippen LogP contribution in [0.15, 0.2) is 12.3 Å². The molecule has 2 aliphatic rings. The van der Waals surface area contributed by atoms with Crippen molar-refractivity contribution in [2.75, 3.05) is 12.4 Å². The number of rotatable bonds is 5. The summed E-state index contributed by atoms with van der Waals surface area (Å²) in [6.07, 6.45) is 5.58. The average Bonchev–Trinajstić information content (AvgIpc) is 3.29. The van der Waals surface area contributed by atoms with Crippen molar-refractivity contribution in [3.63, 3.8) is 0 Å². The molecule has 0 unspecified atom stereocenters. The maximum atomic E-state index is 11.5. The number of carbonyl (C=O) groups is 1. The van der Waals surface area contributed by atoms with Gasteiger partial charge in [-0.2, -0.15) is 5.10 Å². The molecular formula is C16H19ClN6O. The Balaban J connectivity index is 1.46. The van der Waals surface area contributed by atoms with E-state index in [4.69, 9.17) is 11.6 Å². The first-order valence-corrected chi connectivity index (χ1v) is 8.58. The summed E-state index contributed by atoms with van der Waals surface area (Å²) in [5.74, 6) is 1.29. The third-order valence-corrected chi connectivity index (χ3v) is 4.97. The Kier molecular flexibility index (Phi) is 3.88.